The molecular formula is C20H27N5O2. The summed E-state index contributed by atoms with van der Waals surface area (Å²) in [6, 6.07) is 7.43. The summed E-state index contributed by atoms with van der Waals surface area (Å²) in [6.07, 6.45) is 2.86. The predicted octanol–water partition coefficient (Wildman–Crippen LogP) is 2.34. The fourth-order valence-electron chi connectivity index (χ4n) is 3.47. The number of benzene rings is 1. The van der Waals surface area contributed by atoms with Gasteiger partial charge in [-0.3, -0.25) is 9.59 Å². The molecule has 0 radical (unpaired) electrons. The largest absolute Gasteiger partial charge is 0.346 e. The number of carbonyl (C=O) groups excluding carboxylic acids is 2. The molecule has 2 amide bonds. The Morgan fingerprint density at radius 3 is 2.52 bits per heavy atom. The van der Waals surface area contributed by atoms with Gasteiger partial charge < -0.3 is 10.2 Å². The highest BCUT2D eigenvalue weighted by molar-refractivity contribution is 5.94. The van der Waals surface area contributed by atoms with Gasteiger partial charge in [-0.2, -0.15) is 5.10 Å². The first-order valence-electron chi connectivity index (χ1n) is 9.53. The molecule has 7 nitrogen and oxygen atoms in total. The molecule has 1 saturated heterocycles. The van der Waals surface area contributed by atoms with E-state index in [1.807, 2.05) is 49.9 Å². The van der Waals surface area contributed by atoms with Crippen LogP contribution < -0.4 is 5.32 Å². The van der Waals surface area contributed by atoms with Gasteiger partial charge in [-0.1, -0.05) is 17.7 Å². The van der Waals surface area contributed by atoms with Gasteiger partial charge in [0.05, 0.1) is 6.04 Å². The number of nitrogens with one attached hydrogen (secondary N) is 1. The first-order valence-corrected chi connectivity index (χ1v) is 9.53. The maximum Gasteiger partial charge on any atom is 0.253 e. The van der Waals surface area contributed by atoms with Crippen LogP contribution in [0, 0.1) is 12.8 Å². The van der Waals surface area contributed by atoms with Crippen molar-refractivity contribution in [2.75, 3.05) is 13.1 Å². The third-order valence-corrected chi connectivity index (χ3v) is 5.14. The Labute approximate surface area is 159 Å². The summed E-state index contributed by atoms with van der Waals surface area (Å²) in [6.45, 7) is 7.84. The number of piperidine rings is 1. The molecule has 0 spiro atoms. The van der Waals surface area contributed by atoms with Crippen molar-refractivity contribution in [3.8, 4) is 0 Å². The average molecular weight is 369 g/mol. The van der Waals surface area contributed by atoms with Crippen molar-refractivity contribution in [1.82, 2.24) is 25.0 Å². The number of aromatic nitrogens is 3. The Kier molecular flexibility index (Phi) is 5.88. The van der Waals surface area contributed by atoms with E-state index in [9.17, 15) is 9.59 Å². The second kappa shape index (κ2) is 8.33. The molecular weight excluding hydrogens is 342 g/mol. The molecule has 0 bridgehead atoms. The maximum atomic E-state index is 12.6. The van der Waals surface area contributed by atoms with Gasteiger partial charge in [0, 0.05) is 31.1 Å². The number of hydrogen-bond acceptors (Lipinski definition) is 4. The average Bonchev–Trinajstić information content (AvgIpc) is 3.17. The standard InChI is InChI=1S/C20H27N5O2/c1-4-25-18(21-13-22-25)15(3)23-19(26)16-9-11-24(12-10-16)20(27)17-7-5-14(2)6-8-17/h5-8,13,15-16H,4,9-12H2,1-3H3,(H,23,26)/t15-/m0/s1. The zero-order valence-electron chi connectivity index (χ0n) is 16.2. The van der Waals surface area contributed by atoms with E-state index >= 15 is 0 Å². The minimum absolute atomic E-state index is 0.0237. The first kappa shape index (κ1) is 19.1. The highest BCUT2D eigenvalue weighted by atomic mass is 16.2. The lowest BCUT2D eigenvalue weighted by Gasteiger charge is -2.32. The lowest BCUT2D eigenvalue weighted by atomic mass is 9.95. The number of amides is 2. The van der Waals surface area contributed by atoms with Crippen LogP contribution >= 0.6 is 0 Å². The Balaban J connectivity index is 1.53. The number of rotatable bonds is 5. The normalized spacial score (nSPS) is 16.2. The van der Waals surface area contributed by atoms with Crippen LogP contribution in [0.15, 0.2) is 30.6 Å². The number of hydrogen-bond donors (Lipinski definition) is 1. The Morgan fingerprint density at radius 2 is 1.89 bits per heavy atom. The molecule has 27 heavy (non-hydrogen) atoms. The Hall–Kier alpha value is -2.70. The van der Waals surface area contributed by atoms with Crippen LogP contribution in [-0.4, -0.2) is 44.6 Å². The Bertz CT molecular complexity index is 791. The molecule has 1 fully saturated rings. The van der Waals surface area contributed by atoms with Gasteiger partial charge in [0.15, 0.2) is 0 Å². The van der Waals surface area contributed by atoms with Gasteiger partial charge in [0.2, 0.25) is 5.91 Å². The maximum absolute atomic E-state index is 12.6. The zero-order valence-corrected chi connectivity index (χ0v) is 16.2. The molecule has 0 saturated carbocycles. The smallest absolute Gasteiger partial charge is 0.253 e. The fraction of sp³-hybridized carbons (Fsp3) is 0.500. The molecule has 1 aliphatic heterocycles. The first-order chi connectivity index (χ1) is 13.0. The van der Waals surface area contributed by atoms with Gasteiger partial charge >= 0.3 is 0 Å². The minimum atomic E-state index is -0.188. The predicted molar refractivity (Wildman–Crippen MR) is 102 cm³/mol. The summed E-state index contributed by atoms with van der Waals surface area (Å²) in [7, 11) is 0. The molecule has 2 aromatic rings. The molecule has 0 unspecified atom stereocenters. The van der Waals surface area contributed by atoms with Gasteiger partial charge in [-0.25, -0.2) is 9.67 Å². The van der Waals surface area contributed by atoms with Crippen molar-refractivity contribution in [2.45, 2.75) is 46.2 Å². The van der Waals surface area contributed by atoms with E-state index in [1.54, 1.807) is 4.68 Å². The molecule has 1 aliphatic rings. The van der Waals surface area contributed by atoms with Crippen LogP contribution in [0.5, 0.6) is 0 Å². The van der Waals surface area contributed by atoms with Crippen molar-refractivity contribution in [2.24, 2.45) is 5.92 Å². The quantitative estimate of drug-likeness (QED) is 0.877. The second-order valence-electron chi connectivity index (χ2n) is 7.10. The van der Waals surface area contributed by atoms with E-state index < -0.39 is 0 Å². The number of carbonyl (C=O) groups is 2. The molecule has 7 heteroatoms. The summed E-state index contributed by atoms with van der Waals surface area (Å²) in [5.41, 5.74) is 1.84. The molecule has 1 aromatic carbocycles. The van der Waals surface area contributed by atoms with Crippen LogP contribution in [0.4, 0.5) is 0 Å². The molecule has 1 aromatic heterocycles. The van der Waals surface area contributed by atoms with Crippen LogP contribution in [-0.2, 0) is 11.3 Å². The van der Waals surface area contributed by atoms with E-state index in [-0.39, 0.29) is 23.8 Å². The third-order valence-electron chi connectivity index (χ3n) is 5.14. The lowest BCUT2D eigenvalue weighted by molar-refractivity contribution is -0.127. The monoisotopic (exact) mass is 369 g/mol. The summed E-state index contributed by atoms with van der Waals surface area (Å²) in [5, 5.41) is 7.19. The summed E-state index contributed by atoms with van der Waals surface area (Å²) in [4.78, 5) is 31.3. The fourth-order valence-corrected chi connectivity index (χ4v) is 3.47. The van der Waals surface area contributed by atoms with Gasteiger partial charge in [-0.15, -0.1) is 0 Å². The second-order valence-corrected chi connectivity index (χ2v) is 7.10. The van der Waals surface area contributed by atoms with E-state index in [4.69, 9.17) is 0 Å². The topological polar surface area (TPSA) is 80.1 Å². The SMILES string of the molecule is CCn1ncnc1[C@H](C)NC(=O)C1CCN(C(=O)c2ccc(C)cc2)CC1. The summed E-state index contributed by atoms with van der Waals surface area (Å²) >= 11 is 0. The van der Waals surface area contributed by atoms with Crippen LogP contribution in [0.2, 0.25) is 0 Å². The molecule has 0 aliphatic carbocycles. The van der Waals surface area contributed by atoms with Gasteiger partial charge in [0.25, 0.3) is 5.91 Å². The van der Waals surface area contributed by atoms with Crippen LogP contribution in [0.1, 0.15) is 54.5 Å². The lowest BCUT2D eigenvalue weighted by Crippen LogP contribution is -2.43. The van der Waals surface area contributed by atoms with Gasteiger partial charge in [0.1, 0.15) is 12.2 Å². The highest BCUT2D eigenvalue weighted by Crippen LogP contribution is 2.21. The van der Waals surface area contributed by atoms with Crippen molar-refractivity contribution < 1.29 is 9.59 Å². The molecule has 3 rings (SSSR count). The van der Waals surface area contributed by atoms with Crippen LogP contribution in [0.3, 0.4) is 0 Å². The Morgan fingerprint density at radius 1 is 1.22 bits per heavy atom. The van der Waals surface area contributed by atoms with Gasteiger partial charge in [-0.05, 0) is 45.7 Å². The third kappa shape index (κ3) is 4.35. The number of nitrogens with zero attached hydrogens (tertiary/aromatic N) is 4. The number of aryl methyl sites for hydroxylation is 2. The number of likely N-dealkylation sites (tertiary alicyclic amines) is 1. The van der Waals surface area contributed by atoms with Crippen molar-refractivity contribution in [3.63, 3.8) is 0 Å². The summed E-state index contributed by atoms with van der Waals surface area (Å²) < 4.78 is 1.79. The zero-order chi connectivity index (χ0) is 19.4. The highest BCUT2D eigenvalue weighted by Gasteiger charge is 2.29. The van der Waals surface area contributed by atoms with Crippen molar-refractivity contribution in [3.05, 3.63) is 47.5 Å². The molecule has 144 valence electrons. The van der Waals surface area contributed by atoms with Crippen molar-refractivity contribution >= 4 is 11.8 Å². The van der Waals surface area contributed by atoms with Crippen molar-refractivity contribution in [1.29, 1.82) is 0 Å². The molecule has 1 atom stereocenters. The summed E-state index contributed by atoms with van der Waals surface area (Å²) in [5.74, 6) is 0.749. The van der Waals surface area contributed by atoms with Crippen LogP contribution in [0.25, 0.3) is 0 Å². The van der Waals surface area contributed by atoms with E-state index in [0.717, 1.165) is 17.9 Å². The molecule has 1 N–H and O–H groups in total. The minimum Gasteiger partial charge on any atom is -0.346 e. The van der Waals surface area contributed by atoms with E-state index in [0.29, 0.717) is 31.5 Å². The molecule has 2 heterocycles. The van der Waals surface area contributed by atoms with E-state index in [2.05, 4.69) is 15.4 Å². The van der Waals surface area contributed by atoms with E-state index in [1.165, 1.54) is 6.33 Å².